The molecule has 1 aliphatic rings. The first kappa shape index (κ1) is 16.8. The van der Waals surface area contributed by atoms with Crippen LogP contribution in [-0.2, 0) is 4.79 Å². The predicted molar refractivity (Wildman–Crippen MR) is 95.0 cm³/mol. The Morgan fingerprint density at radius 2 is 1.92 bits per heavy atom. The second-order valence-electron chi connectivity index (χ2n) is 5.68. The van der Waals surface area contributed by atoms with Crippen molar-refractivity contribution < 1.29 is 14.3 Å². The van der Waals surface area contributed by atoms with E-state index in [0.717, 1.165) is 25.2 Å². The summed E-state index contributed by atoms with van der Waals surface area (Å²) in [5.41, 5.74) is 1.88. The van der Waals surface area contributed by atoms with Crippen molar-refractivity contribution in [3.63, 3.8) is 0 Å². The summed E-state index contributed by atoms with van der Waals surface area (Å²) in [5, 5.41) is 2.80. The molecule has 0 aliphatic carbocycles. The predicted octanol–water partition coefficient (Wildman–Crippen LogP) is 1.62. The first-order valence-electron chi connectivity index (χ1n) is 8.06. The number of anilines is 2. The van der Waals surface area contributed by atoms with Gasteiger partial charge in [0.05, 0.1) is 24.7 Å². The molecule has 0 atom stereocenters. The van der Waals surface area contributed by atoms with E-state index in [-0.39, 0.29) is 5.91 Å². The van der Waals surface area contributed by atoms with Gasteiger partial charge >= 0.3 is 0 Å². The maximum absolute atomic E-state index is 12.4. The number of methoxy groups -OCH3 is 1. The molecule has 0 spiro atoms. The number of aromatic nitrogens is 1. The molecular formula is C18H20N4O3. The molecule has 0 saturated carbocycles. The minimum Gasteiger partial charge on any atom is -0.495 e. The molecule has 0 unspecified atom stereocenters. The molecule has 1 saturated heterocycles. The van der Waals surface area contributed by atoms with E-state index in [1.807, 2.05) is 18.2 Å². The van der Waals surface area contributed by atoms with Gasteiger partial charge in [0.25, 0.3) is 5.91 Å². The van der Waals surface area contributed by atoms with Gasteiger partial charge in [0.2, 0.25) is 6.41 Å². The maximum Gasteiger partial charge on any atom is 0.274 e. The minimum absolute atomic E-state index is 0.290. The highest BCUT2D eigenvalue weighted by atomic mass is 16.5. The monoisotopic (exact) mass is 340 g/mol. The van der Waals surface area contributed by atoms with Crippen molar-refractivity contribution in [1.82, 2.24) is 9.88 Å². The number of benzene rings is 1. The Labute approximate surface area is 146 Å². The summed E-state index contributed by atoms with van der Waals surface area (Å²) >= 11 is 0. The zero-order chi connectivity index (χ0) is 17.6. The summed E-state index contributed by atoms with van der Waals surface area (Å²) in [4.78, 5) is 31.3. The quantitative estimate of drug-likeness (QED) is 0.837. The number of hydrogen-bond acceptors (Lipinski definition) is 5. The molecule has 25 heavy (non-hydrogen) atoms. The van der Waals surface area contributed by atoms with Crippen molar-refractivity contribution in [1.29, 1.82) is 0 Å². The number of piperazine rings is 1. The second-order valence-corrected chi connectivity index (χ2v) is 5.68. The Morgan fingerprint density at radius 1 is 1.16 bits per heavy atom. The lowest BCUT2D eigenvalue weighted by Gasteiger charge is -2.33. The largest absolute Gasteiger partial charge is 0.495 e. The van der Waals surface area contributed by atoms with E-state index in [2.05, 4.69) is 15.2 Å². The zero-order valence-electron chi connectivity index (χ0n) is 14.0. The molecule has 0 radical (unpaired) electrons. The van der Waals surface area contributed by atoms with Gasteiger partial charge < -0.3 is 19.9 Å². The number of pyridine rings is 1. The molecule has 1 aromatic carbocycles. The number of rotatable bonds is 5. The number of ether oxygens (including phenoxy) is 1. The van der Waals surface area contributed by atoms with Crippen LogP contribution in [0.25, 0.3) is 0 Å². The highest BCUT2D eigenvalue weighted by Gasteiger charge is 2.17. The van der Waals surface area contributed by atoms with Crippen molar-refractivity contribution in [2.24, 2.45) is 0 Å². The van der Waals surface area contributed by atoms with Crippen LogP contribution in [-0.4, -0.2) is 55.5 Å². The Morgan fingerprint density at radius 3 is 2.56 bits per heavy atom. The molecule has 2 heterocycles. The highest BCUT2D eigenvalue weighted by molar-refractivity contribution is 6.03. The summed E-state index contributed by atoms with van der Waals surface area (Å²) in [7, 11) is 1.56. The van der Waals surface area contributed by atoms with E-state index >= 15 is 0 Å². The first-order valence-corrected chi connectivity index (χ1v) is 8.06. The van der Waals surface area contributed by atoms with Crippen molar-refractivity contribution in [3.05, 3.63) is 48.3 Å². The van der Waals surface area contributed by atoms with E-state index < -0.39 is 0 Å². The van der Waals surface area contributed by atoms with Crippen LogP contribution in [0.3, 0.4) is 0 Å². The molecule has 7 nitrogen and oxygen atoms in total. The zero-order valence-corrected chi connectivity index (χ0v) is 14.0. The fourth-order valence-electron chi connectivity index (χ4n) is 2.73. The average molecular weight is 340 g/mol. The lowest BCUT2D eigenvalue weighted by atomic mass is 10.2. The van der Waals surface area contributed by atoms with Gasteiger partial charge in [-0.3, -0.25) is 9.59 Å². The summed E-state index contributed by atoms with van der Waals surface area (Å²) in [6, 6.07) is 10.8. The van der Waals surface area contributed by atoms with Gasteiger partial charge in [0.1, 0.15) is 11.4 Å². The Balaban J connectivity index is 1.66. The lowest BCUT2D eigenvalue weighted by molar-refractivity contribution is -0.118. The molecule has 7 heteroatoms. The normalized spacial score (nSPS) is 14.1. The van der Waals surface area contributed by atoms with Crippen molar-refractivity contribution in [2.45, 2.75) is 0 Å². The van der Waals surface area contributed by atoms with Crippen LogP contribution < -0.4 is 15.0 Å². The fourth-order valence-corrected chi connectivity index (χ4v) is 2.73. The molecule has 0 bridgehead atoms. The number of nitrogens with zero attached hydrogens (tertiary/aromatic N) is 3. The van der Waals surface area contributed by atoms with Crippen molar-refractivity contribution in [3.8, 4) is 5.75 Å². The number of para-hydroxylation sites is 2. The third kappa shape index (κ3) is 3.88. The molecule has 3 rings (SSSR count). The third-order valence-corrected chi connectivity index (χ3v) is 4.16. The van der Waals surface area contributed by atoms with Gasteiger partial charge in [-0.1, -0.05) is 12.1 Å². The number of carbonyl (C=O) groups is 2. The number of amides is 2. The molecule has 1 fully saturated rings. The van der Waals surface area contributed by atoms with Gasteiger partial charge in [-0.05, 0) is 24.3 Å². The van der Waals surface area contributed by atoms with E-state index in [4.69, 9.17) is 4.74 Å². The maximum atomic E-state index is 12.4. The minimum atomic E-state index is -0.290. The molecule has 1 aliphatic heterocycles. The Kier molecular flexibility index (Phi) is 5.13. The van der Waals surface area contributed by atoms with Gasteiger partial charge in [-0.2, -0.15) is 0 Å². The Hall–Kier alpha value is -3.09. The number of carbonyl (C=O) groups excluding carboxylic acids is 2. The van der Waals surface area contributed by atoms with Crippen LogP contribution in [0.5, 0.6) is 5.75 Å². The molecule has 2 amide bonds. The van der Waals surface area contributed by atoms with E-state index in [9.17, 15) is 9.59 Å². The SMILES string of the molecule is COc1ccccc1NC(=O)c1ccc(N2CCN(C=O)CC2)cn1. The molecule has 130 valence electrons. The second kappa shape index (κ2) is 7.65. The number of hydrogen-bond donors (Lipinski definition) is 1. The third-order valence-electron chi connectivity index (χ3n) is 4.16. The van der Waals surface area contributed by atoms with Gasteiger partial charge in [0.15, 0.2) is 0 Å². The summed E-state index contributed by atoms with van der Waals surface area (Å²) < 4.78 is 5.23. The number of nitrogens with one attached hydrogen (secondary N) is 1. The van der Waals surface area contributed by atoms with Crippen LogP contribution in [0, 0.1) is 0 Å². The van der Waals surface area contributed by atoms with E-state index in [1.54, 1.807) is 36.4 Å². The van der Waals surface area contributed by atoms with Crippen LogP contribution in [0.2, 0.25) is 0 Å². The molecule has 1 aromatic heterocycles. The summed E-state index contributed by atoms with van der Waals surface area (Å²) in [5.74, 6) is 0.308. The molecule has 2 aromatic rings. The van der Waals surface area contributed by atoms with Crippen LogP contribution in [0.15, 0.2) is 42.6 Å². The smallest absolute Gasteiger partial charge is 0.274 e. The standard InChI is InChI=1S/C18H20N4O3/c1-25-17-5-3-2-4-15(17)20-18(24)16-7-6-14(12-19-16)22-10-8-21(13-23)9-11-22/h2-7,12-13H,8-11H2,1H3,(H,20,24). The van der Waals surface area contributed by atoms with Gasteiger partial charge in [0, 0.05) is 26.2 Å². The van der Waals surface area contributed by atoms with Gasteiger partial charge in [-0.15, -0.1) is 0 Å². The van der Waals surface area contributed by atoms with E-state index in [1.165, 1.54) is 0 Å². The summed E-state index contributed by atoms with van der Waals surface area (Å²) in [6.45, 7) is 2.90. The fraction of sp³-hybridized carbons (Fsp3) is 0.278. The van der Waals surface area contributed by atoms with Gasteiger partial charge in [-0.25, -0.2) is 4.98 Å². The van der Waals surface area contributed by atoms with Crippen LogP contribution >= 0.6 is 0 Å². The topological polar surface area (TPSA) is 74.8 Å². The van der Waals surface area contributed by atoms with Crippen molar-refractivity contribution in [2.75, 3.05) is 43.5 Å². The molecule has 1 N–H and O–H groups in total. The highest BCUT2D eigenvalue weighted by Crippen LogP contribution is 2.23. The lowest BCUT2D eigenvalue weighted by Crippen LogP contribution is -2.45. The first-order chi connectivity index (χ1) is 12.2. The van der Waals surface area contributed by atoms with Crippen molar-refractivity contribution >= 4 is 23.7 Å². The van der Waals surface area contributed by atoms with E-state index in [0.29, 0.717) is 30.2 Å². The van der Waals surface area contributed by atoms with Crippen LogP contribution in [0.4, 0.5) is 11.4 Å². The average Bonchev–Trinajstić information content (AvgIpc) is 2.68. The Bertz CT molecular complexity index is 740. The molecular weight excluding hydrogens is 320 g/mol. The van der Waals surface area contributed by atoms with Crippen LogP contribution in [0.1, 0.15) is 10.5 Å². The summed E-state index contributed by atoms with van der Waals surface area (Å²) in [6.07, 6.45) is 2.56.